The molecule has 0 bridgehead atoms. The molecule has 3 heterocycles. The van der Waals surface area contributed by atoms with E-state index in [4.69, 9.17) is 11.6 Å². The quantitative estimate of drug-likeness (QED) is 0.682. The van der Waals surface area contributed by atoms with Gasteiger partial charge in [-0.05, 0) is 30.2 Å². The van der Waals surface area contributed by atoms with Crippen LogP contribution in [0.2, 0.25) is 5.15 Å². The van der Waals surface area contributed by atoms with Crippen LogP contribution >= 0.6 is 35.3 Å². The number of nitrogens with one attached hydrogen (secondary N) is 1. The predicted molar refractivity (Wildman–Crippen MR) is 107 cm³/mol. The molecule has 0 saturated carbocycles. The summed E-state index contributed by atoms with van der Waals surface area (Å²) in [5.41, 5.74) is 2.83. The highest BCUT2D eigenvalue weighted by atomic mass is 35.5. The van der Waals surface area contributed by atoms with Gasteiger partial charge in [-0.25, -0.2) is 4.98 Å². The molecule has 140 valence electrons. The molecule has 6 nitrogen and oxygen atoms in total. The van der Waals surface area contributed by atoms with Gasteiger partial charge >= 0.3 is 0 Å². The largest absolute Gasteiger partial charge is 0.299 e. The molecule has 0 atom stereocenters. The zero-order valence-electron chi connectivity index (χ0n) is 14.0. The van der Waals surface area contributed by atoms with Gasteiger partial charge in [-0.3, -0.25) is 14.0 Å². The minimum absolute atomic E-state index is 0. The van der Waals surface area contributed by atoms with Gasteiger partial charge < -0.3 is 0 Å². The molecule has 1 aliphatic heterocycles. The number of aromatic nitrogens is 2. The molecule has 0 fully saturated rings. The predicted octanol–water partition coefficient (Wildman–Crippen LogP) is 3.65. The van der Waals surface area contributed by atoms with Crippen LogP contribution in [0.3, 0.4) is 0 Å². The summed E-state index contributed by atoms with van der Waals surface area (Å²) in [5.74, 6) is 0. The van der Waals surface area contributed by atoms with E-state index in [0.717, 1.165) is 37.2 Å². The summed E-state index contributed by atoms with van der Waals surface area (Å²) in [7, 11) is -3.84. The van der Waals surface area contributed by atoms with Gasteiger partial charge in [0.15, 0.2) is 15.1 Å². The first-order chi connectivity index (χ1) is 12.0. The van der Waals surface area contributed by atoms with E-state index >= 15 is 0 Å². The number of benzene rings is 1. The van der Waals surface area contributed by atoms with Crippen molar-refractivity contribution in [1.82, 2.24) is 14.3 Å². The molecule has 0 unspecified atom stereocenters. The number of halogens is 2. The Morgan fingerprint density at radius 3 is 2.96 bits per heavy atom. The summed E-state index contributed by atoms with van der Waals surface area (Å²) in [4.78, 5) is 7.00. The topological polar surface area (TPSA) is 66.7 Å². The summed E-state index contributed by atoms with van der Waals surface area (Å²) in [6.45, 7) is 4.87. The lowest BCUT2D eigenvalue weighted by Gasteiger charge is -2.29. The van der Waals surface area contributed by atoms with Crippen LogP contribution in [0.4, 0.5) is 5.69 Å². The van der Waals surface area contributed by atoms with E-state index in [1.165, 1.54) is 15.7 Å². The van der Waals surface area contributed by atoms with Crippen molar-refractivity contribution in [2.45, 2.75) is 24.9 Å². The third kappa shape index (κ3) is 3.32. The Hall–Kier alpha value is -1.32. The van der Waals surface area contributed by atoms with E-state index in [9.17, 15) is 8.42 Å². The van der Waals surface area contributed by atoms with Crippen LogP contribution in [0, 0.1) is 0 Å². The molecule has 0 spiro atoms. The molecule has 0 aliphatic carbocycles. The average Bonchev–Trinajstić information content (AvgIpc) is 3.13. The molecule has 0 radical (unpaired) electrons. The van der Waals surface area contributed by atoms with Gasteiger partial charge in [0.2, 0.25) is 0 Å². The number of hydrogen-bond donors (Lipinski definition) is 1. The first-order valence-corrected chi connectivity index (χ1v) is 10.7. The van der Waals surface area contributed by atoms with Gasteiger partial charge in [0.05, 0.1) is 5.69 Å². The second-order valence-electron chi connectivity index (χ2n) is 5.93. The van der Waals surface area contributed by atoms with Gasteiger partial charge in [-0.15, -0.1) is 23.7 Å². The van der Waals surface area contributed by atoms with Crippen LogP contribution in [0.5, 0.6) is 0 Å². The molecule has 2 aromatic heterocycles. The standard InChI is InChI=1S/C16H17ClN4O2S2.ClH/c1-2-20-7-6-12-11(10-20)4-3-5-13(12)19-25(22,23)15-14(17)18-16-21(15)8-9-24-16;/h3-5,8-9,19H,2,6-7,10H2,1H3;1H. The van der Waals surface area contributed by atoms with E-state index in [0.29, 0.717) is 10.6 Å². The summed E-state index contributed by atoms with van der Waals surface area (Å²) in [6.07, 6.45) is 2.48. The SMILES string of the molecule is CCN1CCc2c(cccc2NS(=O)(=O)c2c(Cl)nc3sccn23)C1.Cl. The lowest BCUT2D eigenvalue weighted by Crippen LogP contribution is -2.31. The molecule has 0 saturated heterocycles. The first kappa shape index (κ1) is 19.4. The Labute approximate surface area is 167 Å². The first-order valence-electron chi connectivity index (χ1n) is 7.96. The van der Waals surface area contributed by atoms with Crippen molar-refractivity contribution in [2.24, 2.45) is 0 Å². The number of anilines is 1. The lowest BCUT2D eigenvalue weighted by molar-refractivity contribution is 0.268. The molecule has 26 heavy (non-hydrogen) atoms. The number of hydrogen-bond acceptors (Lipinski definition) is 5. The Morgan fingerprint density at radius 2 is 2.19 bits per heavy atom. The number of fused-ring (bicyclic) bond motifs is 2. The van der Waals surface area contributed by atoms with Gasteiger partial charge in [-0.1, -0.05) is 30.7 Å². The smallest absolute Gasteiger partial charge is 0.281 e. The number of sulfonamides is 1. The van der Waals surface area contributed by atoms with Crippen molar-refractivity contribution in [3.8, 4) is 0 Å². The van der Waals surface area contributed by atoms with Crippen LogP contribution in [0.15, 0.2) is 34.8 Å². The van der Waals surface area contributed by atoms with E-state index in [-0.39, 0.29) is 22.6 Å². The van der Waals surface area contributed by atoms with Crippen LogP contribution in [-0.4, -0.2) is 35.8 Å². The fourth-order valence-corrected chi connectivity index (χ4v) is 5.75. The van der Waals surface area contributed by atoms with Crippen LogP contribution < -0.4 is 4.72 Å². The van der Waals surface area contributed by atoms with Gasteiger partial charge in [0.25, 0.3) is 10.0 Å². The van der Waals surface area contributed by atoms with E-state index in [1.54, 1.807) is 17.6 Å². The van der Waals surface area contributed by atoms with Crippen molar-refractivity contribution in [1.29, 1.82) is 0 Å². The minimum Gasteiger partial charge on any atom is -0.299 e. The van der Waals surface area contributed by atoms with Gasteiger partial charge in [-0.2, -0.15) is 8.42 Å². The Bertz CT molecular complexity index is 1050. The fraction of sp³-hybridized carbons (Fsp3) is 0.312. The van der Waals surface area contributed by atoms with Gasteiger partial charge in [0.1, 0.15) is 0 Å². The number of thiazole rings is 1. The van der Waals surface area contributed by atoms with E-state index in [2.05, 4.69) is 27.6 Å². The van der Waals surface area contributed by atoms with Crippen molar-refractivity contribution in [2.75, 3.05) is 17.8 Å². The molecule has 3 aromatic rings. The molecular formula is C16H18Cl2N4O2S2. The number of rotatable bonds is 4. The molecule has 10 heteroatoms. The van der Waals surface area contributed by atoms with Crippen LogP contribution in [-0.2, 0) is 23.0 Å². The highest BCUT2D eigenvalue weighted by Crippen LogP contribution is 2.31. The van der Waals surface area contributed by atoms with Gasteiger partial charge in [0, 0.05) is 24.7 Å². The zero-order chi connectivity index (χ0) is 17.6. The normalized spacial score (nSPS) is 14.8. The van der Waals surface area contributed by atoms with Crippen molar-refractivity contribution < 1.29 is 8.42 Å². The fourth-order valence-electron chi connectivity index (χ4n) is 3.21. The molecule has 1 aromatic carbocycles. The highest BCUT2D eigenvalue weighted by molar-refractivity contribution is 7.92. The van der Waals surface area contributed by atoms with E-state index < -0.39 is 10.0 Å². The third-order valence-corrected chi connectivity index (χ3v) is 6.99. The maximum atomic E-state index is 12.9. The van der Waals surface area contributed by atoms with Crippen LogP contribution in [0.1, 0.15) is 18.1 Å². The molecular weight excluding hydrogens is 415 g/mol. The summed E-state index contributed by atoms with van der Waals surface area (Å²) >= 11 is 7.43. The second kappa shape index (κ2) is 7.36. The summed E-state index contributed by atoms with van der Waals surface area (Å²) in [6, 6.07) is 5.74. The monoisotopic (exact) mass is 432 g/mol. The molecule has 1 aliphatic rings. The molecule has 1 N–H and O–H groups in total. The summed E-state index contributed by atoms with van der Waals surface area (Å²) < 4.78 is 30.1. The Morgan fingerprint density at radius 1 is 1.38 bits per heavy atom. The maximum absolute atomic E-state index is 12.9. The van der Waals surface area contributed by atoms with Crippen molar-refractivity contribution >= 4 is 56.0 Å². The minimum atomic E-state index is -3.84. The summed E-state index contributed by atoms with van der Waals surface area (Å²) in [5, 5.41) is 1.75. The highest BCUT2D eigenvalue weighted by Gasteiger charge is 2.27. The van der Waals surface area contributed by atoms with Crippen molar-refractivity contribution in [3.63, 3.8) is 0 Å². The number of imidazole rings is 1. The number of likely N-dealkylation sites (N-methyl/N-ethyl adjacent to an activating group) is 1. The molecule has 4 rings (SSSR count). The van der Waals surface area contributed by atoms with Crippen molar-refractivity contribution in [3.05, 3.63) is 46.1 Å². The Balaban J connectivity index is 0.00000196. The zero-order valence-corrected chi connectivity index (χ0v) is 17.2. The third-order valence-electron chi connectivity index (χ3n) is 4.47. The average molecular weight is 433 g/mol. The maximum Gasteiger partial charge on any atom is 0.281 e. The molecule has 0 amide bonds. The van der Waals surface area contributed by atoms with Crippen LogP contribution in [0.25, 0.3) is 4.96 Å². The number of nitrogens with zero attached hydrogens (tertiary/aromatic N) is 3. The van der Waals surface area contributed by atoms with E-state index in [1.807, 2.05) is 6.07 Å². The Kier molecular flexibility index (Phi) is 5.50. The lowest BCUT2D eigenvalue weighted by atomic mass is 9.98. The second-order valence-corrected chi connectivity index (χ2v) is 8.76.